The van der Waals surface area contributed by atoms with Crippen LogP contribution in [-0.2, 0) is 0 Å². The zero-order chi connectivity index (χ0) is 13.0. The average Bonchev–Trinajstić information content (AvgIpc) is 2.69. The van der Waals surface area contributed by atoms with E-state index in [0.717, 1.165) is 23.2 Å². The SMILES string of the molecule is CC(C)Oc1c(N)nsc1NCC1CCSCC1. The molecule has 0 aromatic carbocycles. The Balaban J connectivity index is 1.91. The van der Waals surface area contributed by atoms with Gasteiger partial charge in [-0.05, 0) is 55.6 Å². The number of ether oxygens (including phenoxy) is 1. The van der Waals surface area contributed by atoms with Crippen LogP contribution < -0.4 is 15.8 Å². The van der Waals surface area contributed by atoms with Crippen LogP contribution in [0.3, 0.4) is 0 Å². The van der Waals surface area contributed by atoms with Crippen LogP contribution in [0.4, 0.5) is 10.8 Å². The van der Waals surface area contributed by atoms with Gasteiger partial charge in [0, 0.05) is 6.54 Å². The first-order valence-corrected chi connectivity index (χ1v) is 8.33. The van der Waals surface area contributed by atoms with Crippen molar-refractivity contribution in [1.82, 2.24) is 4.37 Å². The molecule has 1 aromatic rings. The van der Waals surface area contributed by atoms with E-state index in [4.69, 9.17) is 10.5 Å². The molecule has 3 N–H and O–H groups in total. The van der Waals surface area contributed by atoms with Gasteiger partial charge in [0.15, 0.2) is 16.6 Å². The molecule has 0 unspecified atom stereocenters. The summed E-state index contributed by atoms with van der Waals surface area (Å²) in [5.74, 6) is 4.55. The number of rotatable bonds is 5. The minimum absolute atomic E-state index is 0.121. The maximum Gasteiger partial charge on any atom is 0.197 e. The predicted octanol–water partition coefficient (Wildman–Crippen LogP) is 3.07. The van der Waals surface area contributed by atoms with Crippen LogP contribution in [0.5, 0.6) is 5.75 Å². The molecule has 1 aromatic heterocycles. The van der Waals surface area contributed by atoms with Crippen molar-refractivity contribution in [3.63, 3.8) is 0 Å². The summed E-state index contributed by atoms with van der Waals surface area (Å²) in [5, 5.41) is 4.42. The van der Waals surface area contributed by atoms with Crippen molar-refractivity contribution in [3.8, 4) is 5.75 Å². The molecule has 4 nitrogen and oxygen atoms in total. The van der Waals surface area contributed by atoms with Crippen LogP contribution in [-0.4, -0.2) is 28.5 Å². The monoisotopic (exact) mass is 287 g/mol. The van der Waals surface area contributed by atoms with Crippen molar-refractivity contribution in [2.45, 2.75) is 32.8 Å². The van der Waals surface area contributed by atoms with Crippen molar-refractivity contribution in [3.05, 3.63) is 0 Å². The number of hydrogen-bond donors (Lipinski definition) is 2. The third kappa shape index (κ3) is 3.68. The molecule has 0 radical (unpaired) electrons. The summed E-state index contributed by atoms with van der Waals surface area (Å²) in [6.07, 6.45) is 2.72. The molecule has 6 heteroatoms. The smallest absolute Gasteiger partial charge is 0.197 e. The second kappa shape index (κ2) is 6.52. The fourth-order valence-electron chi connectivity index (χ4n) is 1.94. The van der Waals surface area contributed by atoms with Gasteiger partial charge in [0.25, 0.3) is 0 Å². The Morgan fingerprint density at radius 1 is 1.44 bits per heavy atom. The molecule has 1 aliphatic rings. The van der Waals surface area contributed by atoms with Crippen LogP contribution in [0.2, 0.25) is 0 Å². The van der Waals surface area contributed by atoms with Gasteiger partial charge in [-0.15, -0.1) is 0 Å². The lowest BCUT2D eigenvalue weighted by atomic mass is 10.0. The molecule has 18 heavy (non-hydrogen) atoms. The van der Waals surface area contributed by atoms with Gasteiger partial charge in [0.2, 0.25) is 0 Å². The number of thioether (sulfide) groups is 1. The zero-order valence-corrected chi connectivity index (χ0v) is 12.6. The van der Waals surface area contributed by atoms with E-state index >= 15 is 0 Å². The largest absolute Gasteiger partial charge is 0.484 e. The lowest BCUT2D eigenvalue weighted by molar-refractivity contribution is 0.245. The number of hydrogen-bond acceptors (Lipinski definition) is 6. The first-order valence-electron chi connectivity index (χ1n) is 6.40. The molecule has 0 bridgehead atoms. The van der Waals surface area contributed by atoms with Crippen molar-refractivity contribution in [2.24, 2.45) is 5.92 Å². The van der Waals surface area contributed by atoms with Gasteiger partial charge in [0.1, 0.15) is 0 Å². The van der Waals surface area contributed by atoms with E-state index in [2.05, 4.69) is 21.5 Å². The Morgan fingerprint density at radius 2 is 2.17 bits per heavy atom. The molecule has 1 fully saturated rings. The van der Waals surface area contributed by atoms with Crippen LogP contribution >= 0.6 is 23.3 Å². The zero-order valence-electron chi connectivity index (χ0n) is 10.9. The first-order chi connectivity index (χ1) is 8.66. The van der Waals surface area contributed by atoms with E-state index in [1.54, 1.807) is 0 Å². The molecule has 0 amide bonds. The minimum Gasteiger partial charge on any atom is -0.484 e. The fraction of sp³-hybridized carbons (Fsp3) is 0.750. The normalized spacial score (nSPS) is 17.1. The fourth-order valence-corrected chi connectivity index (χ4v) is 3.80. The van der Waals surface area contributed by atoms with Gasteiger partial charge >= 0.3 is 0 Å². The Labute approximate surface area is 117 Å². The second-order valence-electron chi connectivity index (χ2n) is 4.83. The maximum atomic E-state index is 5.83. The Bertz CT molecular complexity index is 375. The molecule has 2 rings (SSSR count). The highest BCUT2D eigenvalue weighted by Crippen LogP contribution is 2.36. The number of nitrogens with one attached hydrogen (secondary N) is 1. The topological polar surface area (TPSA) is 60.2 Å². The number of anilines is 2. The standard InChI is InChI=1S/C12H21N3OS2/c1-8(2)16-10-11(13)15-18-12(10)14-7-9-3-5-17-6-4-9/h8-9,14H,3-7H2,1-2H3,(H2,13,15). The van der Waals surface area contributed by atoms with Gasteiger partial charge in [0.05, 0.1) is 6.10 Å². The lowest BCUT2D eigenvalue weighted by Crippen LogP contribution is -2.19. The summed E-state index contributed by atoms with van der Waals surface area (Å²) in [6, 6.07) is 0. The summed E-state index contributed by atoms with van der Waals surface area (Å²) < 4.78 is 9.87. The summed E-state index contributed by atoms with van der Waals surface area (Å²) in [7, 11) is 0. The van der Waals surface area contributed by atoms with Crippen LogP contribution in [0.1, 0.15) is 26.7 Å². The van der Waals surface area contributed by atoms with E-state index in [1.165, 1.54) is 35.9 Å². The molecule has 0 spiro atoms. The summed E-state index contributed by atoms with van der Waals surface area (Å²) in [6.45, 7) is 5.00. The second-order valence-corrected chi connectivity index (χ2v) is 6.83. The van der Waals surface area contributed by atoms with E-state index in [1.807, 2.05) is 13.8 Å². The molecule has 1 aliphatic heterocycles. The number of nitrogens with zero attached hydrogens (tertiary/aromatic N) is 1. The molecular weight excluding hydrogens is 266 g/mol. The molecule has 2 heterocycles. The van der Waals surface area contributed by atoms with Crippen molar-refractivity contribution in [2.75, 3.05) is 29.1 Å². The van der Waals surface area contributed by atoms with E-state index in [-0.39, 0.29) is 6.10 Å². The number of aromatic nitrogens is 1. The van der Waals surface area contributed by atoms with Gasteiger partial charge in [-0.1, -0.05) is 0 Å². The number of nitrogen functional groups attached to an aromatic ring is 1. The van der Waals surface area contributed by atoms with E-state index in [0.29, 0.717) is 5.82 Å². The highest BCUT2D eigenvalue weighted by atomic mass is 32.2. The van der Waals surface area contributed by atoms with Crippen LogP contribution in [0.25, 0.3) is 0 Å². The molecular formula is C12H21N3OS2. The van der Waals surface area contributed by atoms with Crippen molar-refractivity contribution < 1.29 is 4.74 Å². The first kappa shape index (κ1) is 13.8. The Morgan fingerprint density at radius 3 is 2.83 bits per heavy atom. The minimum atomic E-state index is 0.121. The average molecular weight is 287 g/mol. The van der Waals surface area contributed by atoms with E-state index in [9.17, 15) is 0 Å². The third-order valence-electron chi connectivity index (χ3n) is 2.92. The van der Waals surface area contributed by atoms with Crippen molar-refractivity contribution >= 4 is 34.1 Å². The predicted molar refractivity (Wildman–Crippen MR) is 80.8 cm³/mol. The van der Waals surface area contributed by atoms with Gasteiger partial charge < -0.3 is 15.8 Å². The van der Waals surface area contributed by atoms with Gasteiger partial charge in [-0.2, -0.15) is 16.1 Å². The summed E-state index contributed by atoms with van der Waals surface area (Å²) in [4.78, 5) is 0. The summed E-state index contributed by atoms with van der Waals surface area (Å²) >= 11 is 3.44. The lowest BCUT2D eigenvalue weighted by Gasteiger charge is -2.22. The summed E-state index contributed by atoms with van der Waals surface area (Å²) in [5.41, 5.74) is 5.83. The van der Waals surface area contributed by atoms with E-state index < -0.39 is 0 Å². The van der Waals surface area contributed by atoms with Gasteiger partial charge in [-0.25, -0.2) is 0 Å². The van der Waals surface area contributed by atoms with Gasteiger partial charge in [-0.3, -0.25) is 0 Å². The Hall–Kier alpha value is -0.620. The van der Waals surface area contributed by atoms with Crippen LogP contribution in [0.15, 0.2) is 0 Å². The third-order valence-corrected chi connectivity index (χ3v) is 4.77. The molecule has 1 saturated heterocycles. The molecule has 0 aliphatic carbocycles. The molecule has 102 valence electrons. The molecule has 0 saturated carbocycles. The maximum absolute atomic E-state index is 5.83. The Kier molecular flexibility index (Phi) is 5.00. The highest BCUT2D eigenvalue weighted by Gasteiger charge is 2.17. The quantitative estimate of drug-likeness (QED) is 0.871. The molecule has 0 atom stereocenters. The van der Waals surface area contributed by atoms with Crippen molar-refractivity contribution in [1.29, 1.82) is 0 Å². The highest BCUT2D eigenvalue weighted by molar-refractivity contribution is 7.99. The van der Waals surface area contributed by atoms with Crippen LogP contribution in [0, 0.1) is 5.92 Å². The number of nitrogens with two attached hydrogens (primary N) is 1.